The van der Waals surface area contributed by atoms with Gasteiger partial charge in [-0.1, -0.05) is 60.7 Å². The summed E-state index contributed by atoms with van der Waals surface area (Å²) in [5.74, 6) is -1.66. The number of fused-ring (bicyclic) bond motifs is 1. The Hall–Kier alpha value is -4.16. The fourth-order valence-electron chi connectivity index (χ4n) is 4.13. The molecule has 0 N–H and O–H groups in total. The van der Waals surface area contributed by atoms with E-state index in [1.54, 1.807) is 11.3 Å². The van der Waals surface area contributed by atoms with Crippen molar-refractivity contribution in [1.29, 1.82) is 0 Å². The fraction of sp³-hybridized carbons (Fsp3) is 0.0345. The third-order valence-corrected chi connectivity index (χ3v) is 6.88. The summed E-state index contributed by atoms with van der Waals surface area (Å²) in [6.07, 6.45) is 3.79. The Kier molecular flexibility index (Phi) is 5.43. The van der Waals surface area contributed by atoms with Crippen molar-refractivity contribution in [2.75, 3.05) is 0 Å². The highest BCUT2D eigenvalue weighted by molar-refractivity contribution is 7.13. The minimum atomic E-state index is -0.933. The van der Waals surface area contributed by atoms with Gasteiger partial charge in [0, 0.05) is 23.8 Å². The third kappa shape index (κ3) is 4.24. The molecule has 0 saturated heterocycles. The number of halogens is 2. The highest BCUT2D eigenvalue weighted by Gasteiger charge is 2.17. The van der Waals surface area contributed by atoms with Crippen molar-refractivity contribution in [2.45, 2.75) is 6.54 Å². The van der Waals surface area contributed by atoms with Crippen LogP contribution in [0.5, 0.6) is 0 Å². The van der Waals surface area contributed by atoms with Crippen LogP contribution in [0, 0.1) is 11.6 Å². The molecule has 2 aliphatic heterocycles. The molecule has 0 aliphatic carbocycles. The van der Waals surface area contributed by atoms with Crippen LogP contribution in [0.15, 0.2) is 103 Å². The van der Waals surface area contributed by atoms with Gasteiger partial charge in [0.15, 0.2) is 17.5 Å². The second kappa shape index (κ2) is 8.89. The predicted octanol–water partition coefficient (Wildman–Crippen LogP) is 7.77. The number of pyridine rings is 1. The standard InChI is InChI=1S/C29H19F2N3S/c30-24-4-1-3-23(28(24)31)29-32-25-14-15-34(18-26(25)33-29)17-19-6-8-20(9-7-19)21-10-12-22(13-11-21)27-5-2-16-35-27/h1-16,18H,17H2. The van der Waals surface area contributed by atoms with Crippen molar-refractivity contribution in [2.24, 2.45) is 0 Å². The Morgan fingerprint density at radius 1 is 0.714 bits per heavy atom. The lowest BCUT2D eigenvalue weighted by atomic mass is 10.0. The van der Waals surface area contributed by atoms with Gasteiger partial charge < -0.3 is 4.57 Å². The number of benzene rings is 3. The number of hydrogen-bond donors (Lipinski definition) is 0. The Labute approximate surface area is 205 Å². The molecule has 0 amide bonds. The highest BCUT2D eigenvalue weighted by Crippen LogP contribution is 2.29. The Morgan fingerprint density at radius 3 is 2.17 bits per heavy atom. The van der Waals surface area contributed by atoms with E-state index in [1.165, 1.54) is 28.1 Å². The summed E-state index contributed by atoms with van der Waals surface area (Å²) >= 11 is 1.74. The van der Waals surface area contributed by atoms with Crippen LogP contribution in [0.1, 0.15) is 5.56 Å². The molecular formula is C29H19F2N3S. The number of aromatic nitrogens is 3. The summed E-state index contributed by atoms with van der Waals surface area (Å²) in [5.41, 5.74) is 6.04. The number of hydrogen-bond acceptors (Lipinski definition) is 3. The van der Waals surface area contributed by atoms with Gasteiger partial charge in [-0.25, -0.2) is 18.7 Å². The molecule has 3 heterocycles. The molecule has 0 atom stereocenters. The summed E-state index contributed by atoms with van der Waals surface area (Å²) in [4.78, 5) is 10.1. The van der Waals surface area contributed by atoms with Gasteiger partial charge >= 0.3 is 0 Å². The van der Waals surface area contributed by atoms with Crippen molar-refractivity contribution in [1.82, 2.24) is 14.5 Å². The van der Waals surface area contributed by atoms with Crippen LogP contribution in [0.4, 0.5) is 8.78 Å². The molecule has 3 nitrogen and oxygen atoms in total. The van der Waals surface area contributed by atoms with Crippen LogP contribution < -0.4 is 0 Å². The highest BCUT2D eigenvalue weighted by atomic mass is 32.1. The smallest absolute Gasteiger partial charge is 0.169 e. The van der Waals surface area contributed by atoms with Crippen LogP contribution in [0.2, 0.25) is 0 Å². The lowest BCUT2D eigenvalue weighted by Gasteiger charge is -2.09. The van der Waals surface area contributed by atoms with E-state index in [1.807, 2.05) is 23.0 Å². The maximum atomic E-state index is 14.2. The maximum absolute atomic E-state index is 14.2. The van der Waals surface area contributed by atoms with Crippen molar-refractivity contribution in [3.8, 4) is 44.3 Å². The summed E-state index contributed by atoms with van der Waals surface area (Å²) in [6.45, 7) is 0.657. The molecule has 35 heavy (non-hydrogen) atoms. The SMILES string of the molecule is Fc1cccc(-c2nc3ccn(Cc4ccc(-c5ccc(-c6cccs6)cc5)cc4)cc-3n2)c1F. The van der Waals surface area contributed by atoms with Crippen molar-refractivity contribution in [3.05, 3.63) is 120 Å². The second-order valence-electron chi connectivity index (χ2n) is 8.29. The van der Waals surface area contributed by atoms with Crippen LogP contribution >= 0.6 is 11.3 Å². The zero-order chi connectivity index (χ0) is 23.8. The summed E-state index contributed by atoms with van der Waals surface area (Å²) in [5, 5.41) is 2.09. The first kappa shape index (κ1) is 21.4. The van der Waals surface area contributed by atoms with Crippen LogP contribution in [-0.2, 0) is 6.54 Å². The summed E-state index contributed by atoms with van der Waals surface area (Å²) < 4.78 is 29.8. The molecule has 3 aromatic carbocycles. The van der Waals surface area contributed by atoms with Gasteiger partial charge in [-0.05, 0) is 51.9 Å². The number of nitrogens with zero attached hydrogens (tertiary/aromatic N) is 3. The molecule has 170 valence electrons. The first-order valence-electron chi connectivity index (χ1n) is 11.2. The van der Waals surface area contributed by atoms with Crippen LogP contribution in [-0.4, -0.2) is 14.5 Å². The summed E-state index contributed by atoms with van der Waals surface area (Å²) in [6, 6.07) is 27.2. The second-order valence-corrected chi connectivity index (χ2v) is 9.24. The molecule has 0 spiro atoms. The van der Waals surface area contributed by atoms with E-state index >= 15 is 0 Å². The Bertz CT molecular complexity index is 1570. The maximum Gasteiger partial charge on any atom is 0.169 e. The van der Waals surface area contributed by atoms with Crippen molar-refractivity contribution < 1.29 is 8.78 Å². The van der Waals surface area contributed by atoms with Crippen LogP contribution in [0.3, 0.4) is 0 Å². The van der Waals surface area contributed by atoms with Gasteiger partial charge in [0.25, 0.3) is 0 Å². The van der Waals surface area contributed by atoms with Gasteiger partial charge in [0.05, 0.1) is 11.3 Å². The molecular weight excluding hydrogens is 460 g/mol. The van der Waals surface area contributed by atoms with Gasteiger partial charge in [-0.15, -0.1) is 11.3 Å². The molecule has 6 rings (SSSR count). The normalized spacial score (nSPS) is 11.3. The Balaban J connectivity index is 1.21. The lowest BCUT2D eigenvalue weighted by molar-refractivity contribution is 0.510. The van der Waals surface area contributed by atoms with Crippen molar-refractivity contribution >= 4 is 11.3 Å². The first-order valence-corrected chi connectivity index (χ1v) is 12.0. The predicted molar refractivity (Wildman–Crippen MR) is 136 cm³/mol. The molecule has 2 aliphatic rings. The van der Waals surface area contributed by atoms with E-state index in [9.17, 15) is 8.78 Å². The van der Waals surface area contributed by atoms with E-state index < -0.39 is 11.6 Å². The number of imidazole rings is 1. The largest absolute Gasteiger partial charge is 0.348 e. The lowest BCUT2D eigenvalue weighted by Crippen LogP contribution is -2.00. The molecule has 0 saturated carbocycles. The molecule has 0 radical (unpaired) electrons. The molecule has 1 aromatic heterocycles. The zero-order valence-electron chi connectivity index (χ0n) is 18.5. The number of rotatable bonds is 5. The van der Waals surface area contributed by atoms with E-state index in [0.717, 1.165) is 17.2 Å². The van der Waals surface area contributed by atoms with E-state index in [2.05, 4.69) is 76.0 Å². The minimum absolute atomic E-state index is 0.0618. The van der Waals surface area contributed by atoms with Crippen LogP contribution in [0.25, 0.3) is 44.3 Å². The average molecular weight is 480 g/mol. The summed E-state index contributed by atoms with van der Waals surface area (Å²) in [7, 11) is 0. The Morgan fingerprint density at radius 2 is 1.43 bits per heavy atom. The monoisotopic (exact) mass is 479 g/mol. The zero-order valence-corrected chi connectivity index (χ0v) is 19.3. The molecule has 0 fully saturated rings. The third-order valence-electron chi connectivity index (χ3n) is 5.96. The van der Waals surface area contributed by atoms with Crippen molar-refractivity contribution in [3.63, 3.8) is 0 Å². The van der Waals surface area contributed by atoms with Gasteiger partial charge in [-0.2, -0.15) is 0 Å². The number of thiophene rings is 1. The minimum Gasteiger partial charge on any atom is -0.348 e. The quantitative estimate of drug-likeness (QED) is 0.253. The topological polar surface area (TPSA) is 30.7 Å². The molecule has 0 unspecified atom stereocenters. The fourth-order valence-corrected chi connectivity index (χ4v) is 4.86. The van der Waals surface area contributed by atoms with E-state index in [0.29, 0.717) is 17.9 Å². The molecule has 6 heteroatoms. The van der Waals surface area contributed by atoms with E-state index in [-0.39, 0.29) is 11.4 Å². The van der Waals surface area contributed by atoms with E-state index in [4.69, 9.17) is 0 Å². The van der Waals surface area contributed by atoms with Gasteiger partial charge in [0.2, 0.25) is 0 Å². The van der Waals surface area contributed by atoms with Gasteiger partial charge in [-0.3, -0.25) is 0 Å². The van der Waals surface area contributed by atoms with Gasteiger partial charge in [0.1, 0.15) is 5.69 Å². The molecule has 4 aromatic rings. The molecule has 0 bridgehead atoms. The average Bonchev–Trinajstić information content (AvgIpc) is 3.57. The first-order chi connectivity index (χ1) is 17.1.